The number of benzene rings is 2. The van der Waals surface area contributed by atoms with E-state index in [1.807, 2.05) is 12.1 Å². The summed E-state index contributed by atoms with van der Waals surface area (Å²) in [5.74, 6) is 2.09. The summed E-state index contributed by atoms with van der Waals surface area (Å²) in [6, 6.07) is 11.7. The van der Waals surface area contributed by atoms with Gasteiger partial charge in [0.25, 0.3) is 5.69 Å². The third kappa shape index (κ3) is 6.34. The minimum atomic E-state index is -0.306. The number of aliphatic hydroxyl groups excluding tert-OH is 1. The molecule has 0 amide bonds. The van der Waals surface area contributed by atoms with Gasteiger partial charge in [-0.05, 0) is 98.6 Å². The number of hydrogen-bond donors (Lipinski definition) is 2. The summed E-state index contributed by atoms with van der Waals surface area (Å²) in [5, 5.41) is 18.0. The van der Waals surface area contributed by atoms with Gasteiger partial charge in [-0.2, -0.15) is 0 Å². The zero-order chi connectivity index (χ0) is 31.1. The molecule has 236 valence electrons. The fourth-order valence-corrected chi connectivity index (χ4v) is 7.87. The third-order valence-corrected chi connectivity index (χ3v) is 10.8. The van der Waals surface area contributed by atoms with E-state index in [4.69, 9.17) is 10.8 Å². The number of Topliss-reactive ketones (excluding diaryl/α,β-unsaturated/α-hetero) is 2. The predicted octanol–water partition coefficient (Wildman–Crippen LogP) is 6.13. The molecule has 6 fully saturated rings. The zero-order valence-corrected chi connectivity index (χ0v) is 25.9. The van der Waals surface area contributed by atoms with E-state index in [1.54, 1.807) is 12.1 Å². The lowest BCUT2D eigenvalue weighted by molar-refractivity contribution is -0.384. The van der Waals surface area contributed by atoms with E-state index in [9.17, 15) is 19.7 Å². The molecule has 4 saturated carbocycles. The first kappa shape index (κ1) is 30.6. The van der Waals surface area contributed by atoms with Crippen LogP contribution in [0.5, 0.6) is 0 Å². The molecule has 9 nitrogen and oxygen atoms in total. The monoisotopic (exact) mass is 602 g/mol. The van der Waals surface area contributed by atoms with Gasteiger partial charge in [-0.25, -0.2) is 0 Å². The molecule has 0 atom stereocenters. The van der Waals surface area contributed by atoms with Crippen LogP contribution in [0.15, 0.2) is 36.4 Å². The maximum absolute atomic E-state index is 11.4. The molecule has 9 heteroatoms. The van der Waals surface area contributed by atoms with Crippen molar-refractivity contribution < 1.29 is 19.6 Å². The minimum absolute atomic E-state index is 0.198. The highest BCUT2D eigenvalue weighted by atomic mass is 16.6. The van der Waals surface area contributed by atoms with Crippen LogP contribution in [0.4, 0.5) is 22.7 Å². The van der Waals surface area contributed by atoms with Crippen molar-refractivity contribution in [2.75, 3.05) is 48.8 Å². The summed E-state index contributed by atoms with van der Waals surface area (Å²) >= 11 is 0. The number of carbonyl (C=O) groups excluding carboxylic acids is 2. The summed E-state index contributed by atoms with van der Waals surface area (Å²) in [6.07, 6.45) is 12.1. The van der Waals surface area contributed by atoms with Crippen LogP contribution in [-0.4, -0.2) is 54.9 Å². The van der Waals surface area contributed by atoms with E-state index in [0.717, 1.165) is 115 Å². The average Bonchev–Trinajstić information content (AvgIpc) is 3.92. The lowest BCUT2D eigenvalue weighted by atomic mass is 9.68. The molecule has 0 bridgehead atoms. The molecule has 8 rings (SSSR count). The summed E-state index contributed by atoms with van der Waals surface area (Å²) in [6.45, 7) is 4.25. The Labute approximate surface area is 259 Å². The van der Waals surface area contributed by atoms with Crippen molar-refractivity contribution in [1.82, 2.24) is 0 Å². The fraction of sp³-hybridized carbons (Fsp3) is 0.600. The van der Waals surface area contributed by atoms with Gasteiger partial charge in [0.15, 0.2) is 0 Å². The number of nitrogens with two attached hydrogens (primary N) is 1. The molecule has 6 aliphatic rings. The molecule has 2 aromatic carbocycles. The molecule has 0 aromatic heterocycles. The topological polar surface area (TPSA) is 130 Å². The number of nitro benzene ring substituents is 1. The molecule has 3 N–H and O–H groups in total. The van der Waals surface area contributed by atoms with Gasteiger partial charge >= 0.3 is 0 Å². The number of hydrogen-bond acceptors (Lipinski definition) is 8. The van der Waals surface area contributed by atoms with E-state index in [0.29, 0.717) is 28.3 Å². The molecule has 2 spiro atoms. The third-order valence-electron chi connectivity index (χ3n) is 10.8. The summed E-state index contributed by atoms with van der Waals surface area (Å²) < 4.78 is 0. The van der Waals surface area contributed by atoms with Gasteiger partial charge in [0.05, 0.1) is 4.92 Å². The predicted molar refractivity (Wildman–Crippen MR) is 172 cm³/mol. The molecule has 2 aliphatic heterocycles. The van der Waals surface area contributed by atoms with E-state index in [-0.39, 0.29) is 10.6 Å². The van der Waals surface area contributed by atoms with Crippen LogP contribution >= 0.6 is 0 Å². The molecule has 2 aromatic rings. The van der Waals surface area contributed by atoms with Gasteiger partial charge in [0.1, 0.15) is 11.6 Å². The quantitative estimate of drug-likeness (QED) is 0.238. The normalized spacial score (nSPS) is 23.1. The van der Waals surface area contributed by atoms with Crippen molar-refractivity contribution in [3.63, 3.8) is 0 Å². The standard InChI is InChI=1S/C17H20N2O3.C17H22N2O.CH4O/c20-14-5-7-17(8-6-14)10-18(11-17)16-4-3-13(19(21)22)9-15(16)12-1-2-12;18-13-3-4-16(15(9-13)12-1-2-12)19-10-17(11-19)7-5-14(20)6-8-17;1-2/h3-4,9,12H,1-2,5-8,10-11H2;3-4,9,12H,1-2,5-8,10-11,18H2;2H,1H3. The maximum atomic E-state index is 11.4. The first-order valence-electron chi connectivity index (χ1n) is 16.4. The van der Waals surface area contributed by atoms with Crippen LogP contribution < -0.4 is 15.5 Å². The largest absolute Gasteiger partial charge is 0.400 e. The Morgan fingerprint density at radius 3 is 1.55 bits per heavy atom. The van der Waals surface area contributed by atoms with Gasteiger partial charge in [0.2, 0.25) is 0 Å². The lowest BCUT2D eigenvalue weighted by Gasteiger charge is -2.53. The highest BCUT2D eigenvalue weighted by Gasteiger charge is 2.47. The number of ketones is 2. The van der Waals surface area contributed by atoms with E-state index >= 15 is 0 Å². The highest BCUT2D eigenvalue weighted by Crippen LogP contribution is 2.51. The van der Waals surface area contributed by atoms with Crippen LogP contribution in [0.2, 0.25) is 0 Å². The number of carbonyl (C=O) groups is 2. The fourth-order valence-electron chi connectivity index (χ4n) is 7.87. The highest BCUT2D eigenvalue weighted by molar-refractivity contribution is 5.80. The van der Waals surface area contributed by atoms with Crippen molar-refractivity contribution in [2.45, 2.75) is 88.9 Å². The maximum Gasteiger partial charge on any atom is 0.269 e. The van der Waals surface area contributed by atoms with Crippen LogP contribution in [0.3, 0.4) is 0 Å². The molecule has 2 heterocycles. The van der Waals surface area contributed by atoms with E-state index in [2.05, 4.69) is 21.9 Å². The number of aliphatic hydroxyl groups is 1. The van der Waals surface area contributed by atoms with Gasteiger partial charge in [-0.3, -0.25) is 19.7 Å². The number of nitrogen functional groups attached to an aromatic ring is 1. The molecule has 2 saturated heterocycles. The second-order valence-electron chi connectivity index (χ2n) is 14.2. The van der Waals surface area contributed by atoms with Crippen LogP contribution in [0.1, 0.15) is 100 Å². The van der Waals surface area contributed by atoms with Gasteiger partial charge < -0.3 is 20.6 Å². The Kier molecular flexibility index (Phi) is 8.44. The Bertz CT molecular complexity index is 1400. The first-order chi connectivity index (χ1) is 21.2. The molecule has 4 aliphatic carbocycles. The Morgan fingerprint density at radius 2 is 1.14 bits per heavy atom. The minimum Gasteiger partial charge on any atom is -0.400 e. The molecular weight excluding hydrogens is 556 g/mol. The van der Waals surface area contributed by atoms with Gasteiger partial charge in [-0.15, -0.1) is 0 Å². The Hall–Kier alpha value is -3.46. The Balaban J connectivity index is 0.000000148. The smallest absolute Gasteiger partial charge is 0.269 e. The van der Waals surface area contributed by atoms with Gasteiger partial charge in [0, 0.05) is 99.0 Å². The lowest BCUT2D eigenvalue weighted by Crippen LogP contribution is -2.58. The number of nitro groups is 1. The van der Waals surface area contributed by atoms with Gasteiger partial charge in [-0.1, -0.05) is 0 Å². The number of anilines is 3. The SMILES string of the molecule is CO.Nc1ccc(N2CC3(CCC(=O)CC3)C2)c(C2CC2)c1.O=C1CCC2(CC1)CN(c1ccc([N+](=O)[O-])cc1C1CC1)C2. The van der Waals surface area contributed by atoms with E-state index < -0.39 is 0 Å². The second-order valence-corrected chi connectivity index (χ2v) is 14.2. The molecule has 0 radical (unpaired) electrons. The summed E-state index contributed by atoms with van der Waals surface area (Å²) in [5.41, 5.74) is 12.9. The summed E-state index contributed by atoms with van der Waals surface area (Å²) in [7, 11) is 1.00. The average molecular weight is 603 g/mol. The second kappa shape index (κ2) is 12.1. The summed E-state index contributed by atoms with van der Waals surface area (Å²) in [4.78, 5) is 38.4. The number of nitrogens with zero attached hydrogens (tertiary/aromatic N) is 3. The van der Waals surface area contributed by atoms with Crippen LogP contribution in [0.25, 0.3) is 0 Å². The van der Waals surface area contributed by atoms with Crippen molar-refractivity contribution >= 4 is 34.3 Å². The van der Waals surface area contributed by atoms with Crippen LogP contribution in [-0.2, 0) is 9.59 Å². The van der Waals surface area contributed by atoms with Crippen molar-refractivity contribution in [3.05, 3.63) is 57.6 Å². The zero-order valence-electron chi connectivity index (χ0n) is 25.9. The molecular formula is C35H46N4O5. The first-order valence-corrected chi connectivity index (χ1v) is 16.4. The van der Waals surface area contributed by atoms with Crippen molar-refractivity contribution in [3.8, 4) is 0 Å². The molecule has 0 unspecified atom stereocenters. The van der Waals surface area contributed by atoms with E-state index in [1.165, 1.54) is 29.8 Å². The molecule has 44 heavy (non-hydrogen) atoms. The number of non-ortho nitro benzene ring substituents is 1. The van der Waals surface area contributed by atoms with Crippen LogP contribution in [0, 0.1) is 20.9 Å². The van der Waals surface area contributed by atoms with Crippen molar-refractivity contribution in [1.29, 1.82) is 0 Å². The van der Waals surface area contributed by atoms with Crippen molar-refractivity contribution in [2.24, 2.45) is 10.8 Å². The number of rotatable bonds is 5. The Morgan fingerprint density at radius 1 is 0.727 bits per heavy atom.